The molecule has 0 aliphatic carbocycles. The fourth-order valence-corrected chi connectivity index (χ4v) is 2.18. The molecule has 0 unspecified atom stereocenters. The number of aromatic nitrogens is 1. The molecule has 0 aromatic carbocycles. The van der Waals surface area contributed by atoms with Gasteiger partial charge in [-0.15, -0.1) is 0 Å². The molecule has 2 rings (SSSR count). The number of pyridine rings is 1. The van der Waals surface area contributed by atoms with Crippen LogP contribution >= 0.6 is 15.9 Å². The van der Waals surface area contributed by atoms with Gasteiger partial charge in [0.1, 0.15) is 10.4 Å². The first-order valence-corrected chi connectivity index (χ1v) is 6.21. The maximum Gasteiger partial charge on any atom is 0.307 e. The molecule has 1 aliphatic rings. The lowest BCUT2D eigenvalue weighted by Gasteiger charge is -2.27. The summed E-state index contributed by atoms with van der Waals surface area (Å²) in [6, 6.07) is 5.79. The molecule has 1 aliphatic heterocycles. The maximum atomic E-state index is 10.6. The van der Waals surface area contributed by atoms with Crippen molar-refractivity contribution < 1.29 is 9.90 Å². The van der Waals surface area contributed by atoms with Crippen LogP contribution in [0.5, 0.6) is 0 Å². The zero-order valence-electron chi connectivity index (χ0n) is 9.27. The third-order valence-electron chi connectivity index (χ3n) is 2.71. The lowest BCUT2D eigenvalue weighted by atomic mass is 10.1. The Morgan fingerprint density at radius 2 is 2.35 bits per heavy atom. The number of carbonyl (C=O) groups is 1. The van der Waals surface area contributed by atoms with E-state index in [1.807, 2.05) is 24.3 Å². The second-order valence-electron chi connectivity index (χ2n) is 3.95. The highest BCUT2D eigenvalue weighted by atomic mass is 79.9. The van der Waals surface area contributed by atoms with Crippen molar-refractivity contribution in [3.05, 3.63) is 34.5 Å². The van der Waals surface area contributed by atoms with Crippen molar-refractivity contribution in [3.63, 3.8) is 0 Å². The molecule has 90 valence electrons. The van der Waals surface area contributed by atoms with E-state index in [4.69, 9.17) is 5.11 Å². The first-order valence-electron chi connectivity index (χ1n) is 5.42. The summed E-state index contributed by atoms with van der Waals surface area (Å²) >= 11 is 3.34. The van der Waals surface area contributed by atoms with Crippen LogP contribution in [0.2, 0.25) is 0 Å². The van der Waals surface area contributed by atoms with Crippen molar-refractivity contribution >= 4 is 27.7 Å². The quantitative estimate of drug-likeness (QED) is 0.688. The third-order valence-corrected chi connectivity index (χ3v) is 3.15. The second-order valence-corrected chi connectivity index (χ2v) is 4.76. The molecule has 0 bridgehead atoms. The molecule has 0 saturated carbocycles. The molecule has 2 heterocycles. The van der Waals surface area contributed by atoms with Crippen LogP contribution in [0.1, 0.15) is 12.8 Å². The number of hydrogen-bond donors (Lipinski definition) is 1. The number of carboxylic acids is 1. The van der Waals surface area contributed by atoms with Crippen molar-refractivity contribution in [2.45, 2.75) is 12.8 Å². The fraction of sp³-hybridized carbons (Fsp3) is 0.333. The Bertz CT molecular complexity index is 460. The van der Waals surface area contributed by atoms with Gasteiger partial charge in [-0.2, -0.15) is 0 Å². The van der Waals surface area contributed by atoms with Gasteiger partial charge in [-0.25, -0.2) is 4.98 Å². The van der Waals surface area contributed by atoms with E-state index >= 15 is 0 Å². The zero-order valence-corrected chi connectivity index (χ0v) is 10.9. The van der Waals surface area contributed by atoms with Gasteiger partial charge >= 0.3 is 5.97 Å². The molecule has 0 fully saturated rings. The van der Waals surface area contributed by atoms with E-state index in [1.165, 1.54) is 0 Å². The van der Waals surface area contributed by atoms with Gasteiger partial charge in [0.15, 0.2) is 0 Å². The summed E-state index contributed by atoms with van der Waals surface area (Å²) in [5, 5.41) is 8.71. The monoisotopic (exact) mass is 296 g/mol. The Balaban J connectivity index is 2.03. The summed E-state index contributed by atoms with van der Waals surface area (Å²) in [5.41, 5.74) is 1.00. The van der Waals surface area contributed by atoms with Crippen LogP contribution in [0.3, 0.4) is 0 Å². The van der Waals surface area contributed by atoms with Crippen LogP contribution in [0.15, 0.2) is 34.5 Å². The predicted octanol–water partition coefficient (Wildman–Crippen LogP) is 2.46. The van der Waals surface area contributed by atoms with Gasteiger partial charge in [0.2, 0.25) is 0 Å². The summed E-state index contributed by atoms with van der Waals surface area (Å²) in [4.78, 5) is 17.1. The van der Waals surface area contributed by atoms with E-state index in [0.29, 0.717) is 0 Å². The highest BCUT2D eigenvalue weighted by molar-refractivity contribution is 9.10. The summed E-state index contributed by atoms with van der Waals surface area (Å²) in [7, 11) is 0. The molecule has 4 nitrogen and oxygen atoms in total. The highest BCUT2D eigenvalue weighted by Gasteiger charge is 2.14. The normalized spacial score (nSPS) is 15.6. The van der Waals surface area contributed by atoms with Gasteiger partial charge in [-0.3, -0.25) is 4.79 Å². The smallest absolute Gasteiger partial charge is 0.307 e. The number of anilines is 1. The average molecular weight is 297 g/mol. The molecular weight excluding hydrogens is 284 g/mol. The Morgan fingerprint density at radius 1 is 1.53 bits per heavy atom. The minimum absolute atomic E-state index is 0.153. The van der Waals surface area contributed by atoms with Crippen LogP contribution in [-0.4, -0.2) is 29.1 Å². The number of hydrogen-bond acceptors (Lipinski definition) is 3. The van der Waals surface area contributed by atoms with Crippen LogP contribution < -0.4 is 4.90 Å². The summed E-state index contributed by atoms with van der Waals surface area (Å²) in [6.07, 6.45) is 2.93. The van der Waals surface area contributed by atoms with E-state index in [0.717, 1.165) is 35.5 Å². The molecule has 0 atom stereocenters. The van der Waals surface area contributed by atoms with Crippen LogP contribution in [-0.2, 0) is 4.79 Å². The molecule has 0 spiro atoms. The molecule has 1 aromatic heterocycles. The number of halogens is 1. The number of nitrogens with zero attached hydrogens (tertiary/aromatic N) is 2. The number of rotatable bonds is 3. The Hall–Kier alpha value is -1.36. The van der Waals surface area contributed by atoms with E-state index in [-0.39, 0.29) is 6.42 Å². The highest BCUT2D eigenvalue weighted by Crippen LogP contribution is 2.20. The van der Waals surface area contributed by atoms with Gasteiger partial charge in [0, 0.05) is 13.1 Å². The standard InChI is InChI=1S/C12H13BrN2O2/c13-10-2-1-3-11(14-10)15-6-4-9(5-7-15)8-12(16)17/h1-4H,5-8H2,(H,16,17). The third kappa shape index (κ3) is 3.30. The van der Waals surface area contributed by atoms with Crippen LogP contribution in [0.25, 0.3) is 0 Å². The molecule has 0 amide bonds. The minimum atomic E-state index is -0.759. The molecule has 1 aromatic rings. The molecule has 5 heteroatoms. The Kier molecular flexibility index (Phi) is 3.78. The van der Waals surface area contributed by atoms with Crippen molar-refractivity contribution in [2.24, 2.45) is 0 Å². The molecule has 0 saturated heterocycles. The average Bonchev–Trinajstić information content (AvgIpc) is 2.29. The van der Waals surface area contributed by atoms with E-state index in [1.54, 1.807) is 0 Å². The summed E-state index contributed by atoms with van der Waals surface area (Å²) in [6.45, 7) is 1.55. The molecule has 0 radical (unpaired) electrons. The number of aliphatic carboxylic acids is 1. The van der Waals surface area contributed by atoms with Gasteiger partial charge < -0.3 is 10.0 Å². The van der Waals surface area contributed by atoms with Crippen molar-refractivity contribution in [1.82, 2.24) is 4.98 Å². The minimum Gasteiger partial charge on any atom is -0.481 e. The van der Waals surface area contributed by atoms with Crippen molar-refractivity contribution in [2.75, 3.05) is 18.0 Å². The second kappa shape index (κ2) is 5.31. The molecular formula is C12H13BrN2O2. The largest absolute Gasteiger partial charge is 0.481 e. The van der Waals surface area contributed by atoms with Crippen molar-refractivity contribution in [1.29, 1.82) is 0 Å². The van der Waals surface area contributed by atoms with Crippen LogP contribution in [0.4, 0.5) is 5.82 Å². The summed E-state index contributed by atoms with van der Waals surface area (Å²) in [5.74, 6) is 0.162. The fourth-order valence-electron chi connectivity index (χ4n) is 1.85. The molecule has 1 N–H and O–H groups in total. The first kappa shape index (κ1) is 12.1. The van der Waals surface area contributed by atoms with Crippen LogP contribution in [0, 0.1) is 0 Å². The Labute approximate surface area is 108 Å². The predicted molar refractivity (Wildman–Crippen MR) is 69.1 cm³/mol. The van der Waals surface area contributed by atoms with Gasteiger partial charge in [-0.05, 0) is 34.5 Å². The van der Waals surface area contributed by atoms with E-state index in [2.05, 4.69) is 25.8 Å². The zero-order chi connectivity index (χ0) is 12.3. The lowest BCUT2D eigenvalue weighted by Crippen LogP contribution is -2.29. The van der Waals surface area contributed by atoms with Gasteiger partial charge in [0.05, 0.1) is 6.42 Å². The topological polar surface area (TPSA) is 53.4 Å². The summed E-state index contributed by atoms with van der Waals surface area (Å²) < 4.78 is 0.815. The lowest BCUT2D eigenvalue weighted by molar-refractivity contribution is -0.136. The number of carboxylic acid groups (broad SMARTS) is 1. The van der Waals surface area contributed by atoms with Gasteiger partial charge in [0.25, 0.3) is 0 Å². The van der Waals surface area contributed by atoms with E-state index in [9.17, 15) is 4.79 Å². The molecule has 17 heavy (non-hydrogen) atoms. The maximum absolute atomic E-state index is 10.6. The SMILES string of the molecule is O=C(O)CC1=CCN(c2cccc(Br)n2)CC1. The van der Waals surface area contributed by atoms with Crippen molar-refractivity contribution in [3.8, 4) is 0 Å². The Morgan fingerprint density at radius 3 is 2.94 bits per heavy atom. The van der Waals surface area contributed by atoms with Gasteiger partial charge in [-0.1, -0.05) is 17.7 Å². The van der Waals surface area contributed by atoms with E-state index < -0.39 is 5.97 Å². The first-order chi connectivity index (χ1) is 8.15.